The number of fused-ring (bicyclic) bond motifs is 1. The Balaban J connectivity index is 2.02. The summed E-state index contributed by atoms with van der Waals surface area (Å²) in [5, 5.41) is 13.8. The van der Waals surface area contributed by atoms with E-state index >= 15 is 0 Å². The third-order valence-electron chi connectivity index (χ3n) is 3.84. The van der Waals surface area contributed by atoms with Crippen LogP contribution in [0.2, 0.25) is 0 Å². The van der Waals surface area contributed by atoms with Gasteiger partial charge in [0.25, 0.3) is 0 Å². The first-order valence-corrected chi connectivity index (χ1v) is 7.75. The van der Waals surface area contributed by atoms with E-state index in [1.807, 2.05) is 31.2 Å². The summed E-state index contributed by atoms with van der Waals surface area (Å²) in [4.78, 5) is 6.94. The molecule has 1 aromatic heterocycles. The number of pyridine rings is 1. The molecule has 0 radical (unpaired) electrons. The Hall–Kier alpha value is -2.32. The number of nitriles is 1. The average Bonchev–Trinajstić information content (AvgIpc) is 2.83. The predicted octanol–water partition coefficient (Wildman–Crippen LogP) is 2.30. The van der Waals surface area contributed by atoms with Crippen molar-refractivity contribution < 1.29 is 4.74 Å². The minimum Gasteiger partial charge on any atom is -0.494 e. The monoisotopic (exact) mass is 296 g/mol. The van der Waals surface area contributed by atoms with Gasteiger partial charge in [0.15, 0.2) is 0 Å². The second-order valence-electron chi connectivity index (χ2n) is 5.35. The second-order valence-corrected chi connectivity index (χ2v) is 5.35. The zero-order valence-corrected chi connectivity index (χ0v) is 12.8. The molecule has 0 unspecified atom stereocenters. The fourth-order valence-electron chi connectivity index (χ4n) is 2.78. The summed E-state index contributed by atoms with van der Waals surface area (Å²) in [6, 6.07) is 10.0. The smallest absolute Gasteiger partial charge is 0.147 e. The Kier molecular flexibility index (Phi) is 4.40. The molecular weight excluding hydrogens is 276 g/mol. The van der Waals surface area contributed by atoms with Gasteiger partial charge in [-0.25, -0.2) is 4.98 Å². The van der Waals surface area contributed by atoms with Gasteiger partial charge in [0.2, 0.25) is 0 Å². The summed E-state index contributed by atoms with van der Waals surface area (Å²) in [5.74, 6) is 1.61. The summed E-state index contributed by atoms with van der Waals surface area (Å²) in [6.07, 6.45) is 1.06. The van der Waals surface area contributed by atoms with Crippen molar-refractivity contribution >= 4 is 16.7 Å². The van der Waals surface area contributed by atoms with Crippen LogP contribution in [-0.4, -0.2) is 37.8 Å². The van der Waals surface area contributed by atoms with E-state index < -0.39 is 0 Å². The fourth-order valence-corrected chi connectivity index (χ4v) is 2.78. The van der Waals surface area contributed by atoms with Crippen LogP contribution in [0.5, 0.6) is 5.75 Å². The van der Waals surface area contributed by atoms with Crippen molar-refractivity contribution in [2.75, 3.05) is 37.7 Å². The molecule has 114 valence electrons. The van der Waals surface area contributed by atoms with Crippen LogP contribution in [0, 0.1) is 11.3 Å². The Morgan fingerprint density at radius 2 is 2.23 bits per heavy atom. The van der Waals surface area contributed by atoms with E-state index in [2.05, 4.69) is 16.3 Å². The highest BCUT2D eigenvalue weighted by Gasteiger charge is 2.16. The predicted molar refractivity (Wildman–Crippen MR) is 87.3 cm³/mol. The van der Waals surface area contributed by atoms with E-state index in [4.69, 9.17) is 9.72 Å². The van der Waals surface area contributed by atoms with Gasteiger partial charge in [0.1, 0.15) is 17.6 Å². The van der Waals surface area contributed by atoms with Crippen molar-refractivity contribution in [1.82, 2.24) is 10.3 Å². The average molecular weight is 296 g/mol. The van der Waals surface area contributed by atoms with Gasteiger partial charge >= 0.3 is 0 Å². The van der Waals surface area contributed by atoms with Gasteiger partial charge < -0.3 is 15.0 Å². The van der Waals surface area contributed by atoms with Gasteiger partial charge in [-0.3, -0.25) is 0 Å². The minimum absolute atomic E-state index is 0.628. The van der Waals surface area contributed by atoms with E-state index in [0.717, 1.165) is 55.1 Å². The zero-order valence-electron chi connectivity index (χ0n) is 12.8. The standard InChI is InChI=1S/C17H20N4O/c1-2-22-15-4-5-16-13(11-15)10-14(12-18)17(20-16)21-8-3-6-19-7-9-21/h4-5,10-11,19H,2-3,6-9H2,1H3. The molecule has 0 atom stereocenters. The summed E-state index contributed by atoms with van der Waals surface area (Å²) >= 11 is 0. The lowest BCUT2D eigenvalue weighted by Crippen LogP contribution is -2.29. The maximum Gasteiger partial charge on any atom is 0.147 e. The molecule has 5 heteroatoms. The minimum atomic E-state index is 0.628. The van der Waals surface area contributed by atoms with Crippen LogP contribution >= 0.6 is 0 Å². The highest BCUT2D eigenvalue weighted by molar-refractivity contribution is 5.84. The van der Waals surface area contributed by atoms with Crippen LogP contribution in [0.4, 0.5) is 5.82 Å². The topological polar surface area (TPSA) is 61.2 Å². The van der Waals surface area contributed by atoms with Gasteiger partial charge in [-0.15, -0.1) is 0 Å². The van der Waals surface area contributed by atoms with Crippen molar-refractivity contribution in [3.8, 4) is 11.8 Å². The van der Waals surface area contributed by atoms with E-state index in [-0.39, 0.29) is 0 Å². The fraction of sp³-hybridized carbons (Fsp3) is 0.412. The molecule has 1 N–H and O–H groups in total. The number of aromatic nitrogens is 1. The van der Waals surface area contributed by atoms with Gasteiger partial charge in [0, 0.05) is 25.0 Å². The first-order chi connectivity index (χ1) is 10.8. The third kappa shape index (κ3) is 2.97. The lowest BCUT2D eigenvalue weighted by atomic mass is 10.1. The van der Waals surface area contributed by atoms with Crippen molar-refractivity contribution in [2.24, 2.45) is 0 Å². The molecule has 3 rings (SSSR count). The molecule has 1 saturated heterocycles. The Morgan fingerprint density at radius 1 is 1.32 bits per heavy atom. The molecule has 0 aliphatic carbocycles. The summed E-state index contributed by atoms with van der Waals surface area (Å²) < 4.78 is 5.52. The number of benzene rings is 1. The zero-order chi connectivity index (χ0) is 15.4. The van der Waals surface area contributed by atoms with Gasteiger partial charge in [-0.1, -0.05) is 0 Å². The summed E-state index contributed by atoms with van der Waals surface area (Å²) in [5.41, 5.74) is 1.53. The van der Waals surface area contributed by atoms with Crippen LogP contribution in [0.25, 0.3) is 10.9 Å². The number of ether oxygens (including phenoxy) is 1. The Bertz CT molecular complexity index is 700. The molecule has 0 spiro atoms. The molecule has 5 nitrogen and oxygen atoms in total. The Labute approximate surface area is 130 Å². The molecule has 1 aromatic carbocycles. The van der Waals surface area contributed by atoms with E-state index in [9.17, 15) is 5.26 Å². The SMILES string of the molecule is CCOc1ccc2nc(N3CCCNCC3)c(C#N)cc2c1. The molecule has 1 aliphatic rings. The number of rotatable bonds is 3. The van der Waals surface area contributed by atoms with Crippen molar-refractivity contribution in [2.45, 2.75) is 13.3 Å². The highest BCUT2D eigenvalue weighted by atomic mass is 16.5. The molecule has 1 fully saturated rings. The molecule has 0 amide bonds. The van der Waals surface area contributed by atoms with Crippen LogP contribution < -0.4 is 15.0 Å². The molecule has 1 aliphatic heterocycles. The van der Waals surface area contributed by atoms with E-state index in [1.165, 1.54) is 0 Å². The summed E-state index contributed by atoms with van der Waals surface area (Å²) in [6.45, 7) is 6.33. The molecule has 2 aromatic rings. The molecule has 22 heavy (non-hydrogen) atoms. The quantitative estimate of drug-likeness (QED) is 0.941. The van der Waals surface area contributed by atoms with Crippen LogP contribution in [0.15, 0.2) is 24.3 Å². The third-order valence-corrected chi connectivity index (χ3v) is 3.84. The first kappa shape index (κ1) is 14.6. The van der Waals surface area contributed by atoms with Crippen LogP contribution in [0.3, 0.4) is 0 Å². The lowest BCUT2D eigenvalue weighted by Gasteiger charge is -2.22. The second kappa shape index (κ2) is 6.63. The number of nitrogens with one attached hydrogen (secondary N) is 1. The van der Waals surface area contributed by atoms with Crippen molar-refractivity contribution in [3.05, 3.63) is 29.8 Å². The van der Waals surface area contributed by atoms with Gasteiger partial charge in [-0.2, -0.15) is 5.26 Å². The molecule has 0 saturated carbocycles. The molecular formula is C17H20N4O. The molecule has 0 bridgehead atoms. The van der Waals surface area contributed by atoms with Crippen LogP contribution in [0.1, 0.15) is 18.9 Å². The maximum atomic E-state index is 9.49. The van der Waals surface area contributed by atoms with Crippen LogP contribution in [-0.2, 0) is 0 Å². The van der Waals surface area contributed by atoms with Gasteiger partial charge in [-0.05, 0) is 44.2 Å². The number of anilines is 1. The van der Waals surface area contributed by atoms with Crippen molar-refractivity contribution in [3.63, 3.8) is 0 Å². The largest absolute Gasteiger partial charge is 0.494 e. The van der Waals surface area contributed by atoms with E-state index in [0.29, 0.717) is 12.2 Å². The van der Waals surface area contributed by atoms with E-state index in [1.54, 1.807) is 0 Å². The van der Waals surface area contributed by atoms with Crippen molar-refractivity contribution in [1.29, 1.82) is 5.26 Å². The number of hydrogen-bond acceptors (Lipinski definition) is 5. The van der Waals surface area contributed by atoms with Gasteiger partial charge in [0.05, 0.1) is 17.7 Å². The highest BCUT2D eigenvalue weighted by Crippen LogP contribution is 2.26. The first-order valence-electron chi connectivity index (χ1n) is 7.75. The maximum absolute atomic E-state index is 9.49. The summed E-state index contributed by atoms with van der Waals surface area (Å²) in [7, 11) is 0. The Morgan fingerprint density at radius 3 is 3.05 bits per heavy atom. The molecule has 2 heterocycles. The normalized spacial score (nSPS) is 15.4. The lowest BCUT2D eigenvalue weighted by molar-refractivity contribution is 0.340. The number of hydrogen-bond donors (Lipinski definition) is 1. The number of nitrogens with zero attached hydrogens (tertiary/aromatic N) is 3.